The zero-order valence-electron chi connectivity index (χ0n) is 13.0. The monoisotopic (exact) mass is 584 g/mol. The molecule has 2 aliphatic rings. The van der Waals surface area contributed by atoms with Crippen LogP contribution in [0.3, 0.4) is 0 Å². The average molecular weight is 586 g/mol. The summed E-state index contributed by atoms with van der Waals surface area (Å²) in [4.78, 5) is 0. The SMILES string of the molecule is CCCC[C]1[CH][CH][CH][CH]1.CCCC[C]1[CH][CH][CH][CH]1.[Br][W][Br]. The average Bonchev–Trinajstić information content (AvgIpc) is 3.18. The van der Waals surface area contributed by atoms with Crippen molar-refractivity contribution in [1.82, 2.24) is 0 Å². The van der Waals surface area contributed by atoms with Gasteiger partial charge in [0, 0.05) is 0 Å². The van der Waals surface area contributed by atoms with Crippen molar-refractivity contribution in [2.24, 2.45) is 0 Å². The molecule has 0 aromatic rings. The van der Waals surface area contributed by atoms with E-state index in [1.807, 2.05) is 0 Å². The van der Waals surface area contributed by atoms with Crippen molar-refractivity contribution in [3.8, 4) is 0 Å². The van der Waals surface area contributed by atoms with Crippen molar-refractivity contribution in [2.45, 2.75) is 52.4 Å². The van der Waals surface area contributed by atoms with Gasteiger partial charge in [0.15, 0.2) is 0 Å². The number of unbranched alkanes of at least 4 members (excludes halogenated alkanes) is 2. The predicted octanol–water partition coefficient (Wildman–Crippen LogP) is 6.85. The van der Waals surface area contributed by atoms with Crippen LogP contribution in [0.25, 0.3) is 0 Å². The molecule has 0 spiro atoms. The van der Waals surface area contributed by atoms with E-state index in [1.165, 1.54) is 50.4 Å². The van der Waals surface area contributed by atoms with E-state index in [0.29, 0.717) is 0 Å². The summed E-state index contributed by atoms with van der Waals surface area (Å²) in [6.45, 7) is 4.45. The molecule has 2 fully saturated rings. The predicted molar refractivity (Wildman–Crippen MR) is 97.8 cm³/mol. The fourth-order valence-electron chi connectivity index (χ4n) is 1.92. The first-order valence-corrected chi connectivity index (χ1v) is 20.4. The molecule has 0 unspecified atom stereocenters. The maximum atomic E-state index is 3.23. The molecule has 0 bridgehead atoms. The van der Waals surface area contributed by atoms with E-state index in [0.717, 1.165) is 0 Å². The fraction of sp³-hybridized carbons (Fsp3) is 0.444. The van der Waals surface area contributed by atoms with E-state index in [4.69, 9.17) is 0 Å². The summed E-state index contributed by atoms with van der Waals surface area (Å²) in [5.74, 6) is 2.97. The summed E-state index contributed by atoms with van der Waals surface area (Å²) < 4.78 is 0. The minimum absolute atomic E-state index is 0.125. The van der Waals surface area contributed by atoms with Crippen molar-refractivity contribution in [2.75, 3.05) is 0 Å². The molecule has 3 heteroatoms. The third-order valence-electron chi connectivity index (χ3n) is 3.10. The van der Waals surface area contributed by atoms with Crippen LogP contribution in [-0.2, 0) is 14.5 Å². The van der Waals surface area contributed by atoms with Gasteiger partial charge >= 0.3 is 41.0 Å². The third-order valence-corrected chi connectivity index (χ3v) is 3.10. The van der Waals surface area contributed by atoms with Crippen LogP contribution in [0.15, 0.2) is 0 Å². The first-order valence-electron chi connectivity index (χ1n) is 7.58. The Morgan fingerprint density at radius 1 is 0.714 bits per heavy atom. The number of hydrogen-bond acceptors (Lipinski definition) is 0. The molecule has 21 heavy (non-hydrogen) atoms. The van der Waals surface area contributed by atoms with Crippen molar-refractivity contribution < 1.29 is 14.5 Å². The van der Waals surface area contributed by atoms with Gasteiger partial charge in [0.1, 0.15) is 0 Å². The van der Waals surface area contributed by atoms with Gasteiger partial charge in [-0.2, -0.15) is 0 Å². The number of hydrogen-bond donors (Lipinski definition) is 0. The fourth-order valence-corrected chi connectivity index (χ4v) is 1.92. The van der Waals surface area contributed by atoms with Crippen LogP contribution >= 0.6 is 26.6 Å². The van der Waals surface area contributed by atoms with Gasteiger partial charge in [0.05, 0.1) is 0 Å². The van der Waals surface area contributed by atoms with Gasteiger partial charge in [-0.25, -0.2) is 0 Å². The normalized spacial score (nSPS) is 18.9. The van der Waals surface area contributed by atoms with Crippen molar-refractivity contribution in [1.29, 1.82) is 0 Å². The Labute approximate surface area is 155 Å². The molecule has 2 rings (SSSR count). The summed E-state index contributed by atoms with van der Waals surface area (Å²) in [5.41, 5.74) is 0. The molecule has 0 aliphatic heterocycles. The Balaban J connectivity index is 0.000000322. The van der Waals surface area contributed by atoms with E-state index in [9.17, 15) is 0 Å². The topological polar surface area (TPSA) is 0 Å². The quantitative estimate of drug-likeness (QED) is 0.320. The second-order valence-electron chi connectivity index (χ2n) is 4.85. The molecular formula is C18H26Br2W. The van der Waals surface area contributed by atoms with Gasteiger partial charge in [0.2, 0.25) is 0 Å². The van der Waals surface area contributed by atoms with Gasteiger partial charge in [-0.15, -0.1) is 0 Å². The number of halogens is 2. The van der Waals surface area contributed by atoms with Crippen LogP contribution in [0.4, 0.5) is 0 Å². The van der Waals surface area contributed by atoms with E-state index in [-0.39, 0.29) is 14.5 Å². The maximum absolute atomic E-state index is 3.23. The Hall–Kier alpha value is 1.65. The van der Waals surface area contributed by atoms with Crippen LogP contribution < -0.4 is 0 Å². The van der Waals surface area contributed by atoms with Crippen molar-refractivity contribution in [3.63, 3.8) is 0 Å². The molecule has 0 atom stereocenters. The summed E-state index contributed by atoms with van der Waals surface area (Å²) in [6.07, 6.45) is 24.9. The standard InChI is InChI=1S/2C9H13.2BrH.W/c2*1-2-3-6-9-7-4-5-8-9;;;/h2*4-5,7-8H,2-3,6H2,1H3;2*1H;/q;;;;+2/p-2. The third kappa shape index (κ3) is 14.9. The van der Waals surface area contributed by atoms with Crippen molar-refractivity contribution >= 4 is 26.6 Å². The van der Waals surface area contributed by atoms with Crippen LogP contribution in [-0.4, -0.2) is 0 Å². The Kier molecular flexibility index (Phi) is 19.4. The zero-order chi connectivity index (χ0) is 15.8. The summed E-state index contributed by atoms with van der Waals surface area (Å²) in [7, 11) is 0. The van der Waals surface area contributed by atoms with Gasteiger partial charge in [-0.05, 0) is 76.0 Å². The molecule has 10 radical (unpaired) electrons. The minimum atomic E-state index is -0.125. The first kappa shape index (κ1) is 22.6. The molecular weight excluding hydrogens is 560 g/mol. The van der Waals surface area contributed by atoms with E-state index >= 15 is 0 Å². The van der Waals surface area contributed by atoms with Gasteiger partial charge in [0.25, 0.3) is 0 Å². The van der Waals surface area contributed by atoms with E-state index in [2.05, 4.69) is 91.8 Å². The summed E-state index contributed by atoms with van der Waals surface area (Å²) >= 11 is 6.33. The van der Waals surface area contributed by atoms with Crippen LogP contribution in [0.2, 0.25) is 0 Å². The molecule has 2 aliphatic carbocycles. The summed E-state index contributed by atoms with van der Waals surface area (Å²) in [5, 5.41) is 0. The van der Waals surface area contributed by atoms with Crippen LogP contribution in [0.5, 0.6) is 0 Å². The number of rotatable bonds is 6. The summed E-state index contributed by atoms with van der Waals surface area (Å²) in [6, 6.07) is 0. The molecule has 0 heterocycles. The molecule has 0 N–H and O–H groups in total. The van der Waals surface area contributed by atoms with Crippen LogP contribution in [0, 0.1) is 63.2 Å². The van der Waals surface area contributed by atoms with Gasteiger partial charge in [-0.1, -0.05) is 39.5 Å². The molecule has 2 saturated carbocycles. The first-order chi connectivity index (χ1) is 10.3. The molecule has 0 aromatic carbocycles. The van der Waals surface area contributed by atoms with Gasteiger partial charge < -0.3 is 0 Å². The zero-order valence-corrected chi connectivity index (χ0v) is 19.1. The Morgan fingerprint density at radius 2 is 1.00 bits per heavy atom. The Morgan fingerprint density at radius 3 is 1.24 bits per heavy atom. The molecule has 118 valence electrons. The molecule has 0 nitrogen and oxygen atoms in total. The van der Waals surface area contributed by atoms with Crippen molar-refractivity contribution in [3.05, 3.63) is 63.2 Å². The molecule has 0 aromatic heterocycles. The molecule has 0 saturated heterocycles. The second kappa shape index (κ2) is 18.0. The Bertz CT molecular complexity index is 168. The van der Waals surface area contributed by atoms with E-state index in [1.54, 1.807) is 0 Å². The van der Waals surface area contributed by atoms with Crippen LogP contribution in [0.1, 0.15) is 52.4 Å². The second-order valence-corrected chi connectivity index (χ2v) is 17.7. The van der Waals surface area contributed by atoms with Gasteiger partial charge in [-0.3, -0.25) is 0 Å². The van der Waals surface area contributed by atoms with E-state index < -0.39 is 0 Å². The molecule has 0 amide bonds.